The van der Waals surface area contributed by atoms with Crippen molar-refractivity contribution in [3.63, 3.8) is 0 Å². The summed E-state index contributed by atoms with van der Waals surface area (Å²) in [5.74, 6) is -0.914. The molecule has 0 radical (unpaired) electrons. The maximum atomic E-state index is 12.6. The molecule has 0 saturated carbocycles. The number of rotatable bonds is 36. The highest BCUT2D eigenvalue weighted by atomic mass is 16.6. The van der Waals surface area contributed by atoms with Gasteiger partial charge in [0.2, 0.25) is 0 Å². The number of allylic oxidation sites excluding steroid dienone is 6. The lowest BCUT2D eigenvalue weighted by Crippen LogP contribution is -2.30. The molecule has 0 aliphatic heterocycles. The molecule has 0 spiro atoms. The lowest BCUT2D eigenvalue weighted by Gasteiger charge is -2.18. The predicted octanol–water partition coefficient (Wildman–Crippen LogP) is 12.6. The maximum absolute atomic E-state index is 12.6. The predicted molar refractivity (Wildman–Crippen MR) is 206 cm³/mol. The van der Waals surface area contributed by atoms with Gasteiger partial charge in [-0.15, -0.1) is 0 Å². The molecular weight excluding hydrogens is 612 g/mol. The van der Waals surface area contributed by atoms with Crippen LogP contribution in [0.4, 0.5) is 0 Å². The normalized spacial score (nSPS) is 12.3. The van der Waals surface area contributed by atoms with Gasteiger partial charge >= 0.3 is 17.9 Å². The van der Waals surface area contributed by atoms with Crippen LogP contribution in [0.25, 0.3) is 0 Å². The van der Waals surface area contributed by atoms with Crippen LogP contribution in [0.3, 0.4) is 0 Å². The molecule has 0 rings (SSSR count). The second-order valence-corrected chi connectivity index (χ2v) is 13.5. The fourth-order valence-electron chi connectivity index (χ4n) is 5.48. The van der Waals surface area contributed by atoms with Gasteiger partial charge in [-0.3, -0.25) is 14.4 Å². The van der Waals surface area contributed by atoms with Crippen molar-refractivity contribution < 1.29 is 28.6 Å². The Balaban J connectivity index is 4.38. The summed E-state index contributed by atoms with van der Waals surface area (Å²) in [6, 6.07) is 0. The minimum Gasteiger partial charge on any atom is -0.462 e. The molecule has 0 aliphatic carbocycles. The first-order valence-electron chi connectivity index (χ1n) is 20.5. The van der Waals surface area contributed by atoms with Gasteiger partial charge in [-0.05, 0) is 64.2 Å². The maximum Gasteiger partial charge on any atom is 0.306 e. The first-order chi connectivity index (χ1) is 24.0. The molecule has 0 aromatic heterocycles. The molecule has 49 heavy (non-hydrogen) atoms. The SMILES string of the molecule is CCC/C=C\C/C=C\CCCCCCCC(=O)OCC(COC(=O)CCCCCCCCCC)OC(=O)CCCCCCC/C=C\CCC. The van der Waals surface area contributed by atoms with Crippen LogP contribution in [0.2, 0.25) is 0 Å². The van der Waals surface area contributed by atoms with E-state index < -0.39 is 6.10 Å². The van der Waals surface area contributed by atoms with E-state index in [9.17, 15) is 14.4 Å². The van der Waals surface area contributed by atoms with Gasteiger partial charge in [0, 0.05) is 19.3 Å². The highest BCUT2D eigenvalue weighted by Crippen LogP contribution is 2.13. The van der Waals surface area contributed by atoms with Crippen molar-refractivity contribution in [1.29, 1.82) is 0 Å². The van der Waals surface area contributed by atoms with E-state index in [0.29, 0.717) is 19.3 Å². The van der Waals surface area contributed by atoms with E-state index in [1.807, 2.05) is 0 Å². The van der Waals surface area contributed by atoms with Crippen molar-refractivity contribution in [3.05, 3.63) is 36.5 Å². The summed E-state index contributed by atoms with van der Waals surface area (Å²) in [5, 5.41) is 0. The average molecular weight is 689 g/mol. The monoisotopic (exact) mass is 689 g/mol. The van der Waals surface area contributed by atoms with Crippen LogP contribution in [-0.4, -0.2) is 37.2 Å². The van der Waals surface area contributed by atoms with Gasteiger partial charge in [0.15, 0.2) is 6.10 Å². The third kappa shape index (κ3) is 36.7. The van der Waals surface area contributed by atoms with Gasteiger partial charge in [0.05, 0.1) is 0 Å². The second kappa shape index (κ2) is 38.4. The number of carbonyl (C=O) groups is 3. The molecule has 0 N–H and O–H groups in total. The van der Waals surface area contributed by atoms with Crippen LogP contribution in [-0.2, 0) is 28.6 Å². The van der Waals surface area contributed by atoms with Crippen molar-refractivity contribution in [2.24, 2.45) is 0 Å². The van der Waals surface area contributed by atoms with Crippen LogP contribution < -0.4 is 0 Å². The number of ether oxygens (including phenoxy) is 3. The van der Waals surface area contributed by atoms with Crippen molar-refractivity contribution in [2.45, 2.75) is 207 Å². The average Bonchev–Trinajstić information content (AvgIpc) is 3.10. The van der Waals surface area contributed by atoms with Gasteiger partial charge in [0.1, 0.15) is 13.2 Å². The molecule has 1 unspecified atom stereocenters. The van der Waals surface area contributed by atoms with Crippen LogP contribution in [0.1, 0.15) is 201 Å². The molecule has 0 fully saturated rings. The van der Waals surface area contributed by atoms with Crippen LogP contribution in [0.15, 0.2) is 36.5 Å². The Labute approximate surface area is 302 Å². The van der Waals surface area contributed by atoms with Crippen molar-refractivity contribution in [1.82, 2.24) is 0 Å². The summed E-state index contributed by atoms with van der Waals surface area (Å²) in [4.78, 5) is 37.4. The van der Waals surface area contributed by atoms with Crippen molar-refractivity contribution in [3.8, 4) is 0 Å². The first kappa shape index (κ1) is 46.6. The largest absolute Gasteiger partial charge is 0.462 e. The number of unbranched alkanes of at least 4 members (excludes halogenated alkanes) is 19. The Kier molecular flexibility index (Phi) is 36.6. The third-order valence-corrected chi connectivity index (χ3v) is 8.58. The Morgan fingerprint density at radius 3 is 1.24 bits per heavy atom. The van der Waals surface area contributed by atoms with Gasteiger partial charge in [-0.1, -0.05) is 154 Å². The Hall–Kier alpha value is -2.37. The zero-order valence-electron chi connectivity index (χ0n) is 32.2. The van der Waals surface area contributed by atoms with Crippen molar-refractivity contribution in [2.75, 3.05) is 13.2 Å². The summed E-state index contributed by atoms with van der Waals surface area (Å²) in [7, 11) is 0. The molecule has 1 atom stereocenters. The van der Waals surface area contributed by atoms with Crippen LogP contribution in [0.5, 0.6) is 0 Å². The minimum absolute atomic E-state index is 0.0795. The second-order valence-electron chi connectivity index (χ2n) is 13.5. The van der Waals surface area contributed by atoms with E-state index in [-0.39, 0.29) is 31.1 Å². The highest BCUT2D eigenvalue weighted by Gasteiger charge is 2.19. The molecule has 6 nitrogen and oxygen atoms in total. The highest BCUT2D eigenvalue weighted by molar-refractivity contribution is 5.71. The smallest absolute Gasteiger partial charge is 0.306 e. The molecule has 0 saturated heterocycles. The Bertz CT molecular complexity index is 845. The molecule has 0 aromatic carbocycles. The minimum atomic E-state index is -0.774. The molecule has 0 aliphatic rings. The van der Waals surface area contributed by atoms with E-state index in [0.717, 1.165) is 103 Å². The quantitative estimate of drug-likeness (QED) is 0.0282. The Morgan fingerprint density at radius 2 is 0.776 bits per heavy atom. The van der Waals surface area contributed by atoms with Gasteiger partial charge in [-0.2, -0.15) is 0 Å². The summed E-state index contributed by atoms with van der Waals surface area (Å²) < 4.78 is 16.6. The van der Waals surface area contributed by atoms with E-state index >= 15 is 0 Å². The number of carbonyl (C=O) groups excluding carboxylic acids is 3. The van der Waals surface area contributed by atoms with Crippen LogP contribution >= 0.6 is 0 Å². The summed E-state index contributed by atoms with van der Waals surface area (Å²) >= 11 is 0. The standard InChI is InChI=1S/C43H76O6/c1-4-7-10-13-16-19-21-22-23-25-27-30-33-36-42(45)48-39-40(38-47-41(44)35-32-29-26-18-15-12-9-6-3)49-43(46)37-34-31-28-24-20-17-14-11-8-5-2/h10-11,13-14,19,21,40H,4-9,12,15-18,20,22-39H2,1-3H3/b13-10-,14-11-,21-19-. The van der Waals surface area contributed by atoms with E-state index in [1.54, 1.807) is 0 Å². The molecule has 0 bridgehead atoms. The Morgan fingerprint density at radius 1 is 0.408 bits per heavy atom. The number of hydrogen-bond donors (Lipinski definition) is 0. The summed E-state index contributed by atoms with van der Waals surface area (Å²) in [6.07, 6.45) is 41.3. The fourth-order valence-corrected chi connectivity index (χ4v) is 5.48. The molecule has 6 heteroatoms. The topological polar surface area (TPSA) is 78.9 Å². The molecule has 0 heterocycles. The van der Waals surface area contributed by atoms with Crippen LogP contribution in [0, 0.1) is 0 Å². The van der Waals surface area contributed by atoms with Crippen molar-refractivity contribution >= 4 is 17.9 Å². The molecular formula is C43H76O6. The zero-order chi connectivity index (χ0) is 35.9. The number of hydrogen-bond acceptors (Lipinski definition) is 6. The first-order valence-corrected chi connectivity index (χ1v) is 20.5. The molecule has 0 amide bonds. The lowest BCUT2D eigenvalue weighted by molar-refractivity contribution is -0.167. The zero-order valence-corrected chi connectivity index (χ0v) is 32.2. The third-order valence-electron chi connectivity index (χ3n) is 8.58. The fraction of sp³-hybridized carbons (Fsp3) is 0.791. The van der Waals surface area contributed by atoms with Gasteiger partial charge < -0.3 is 14.2 Å². The van der Waals surface area contributed by atoms with E-state index in [1.165, 1.54) is 57.8 Å². The lowest BCUT2D eigenvalue weighted by atomic mass is 10.1. The van der Waals surface area contributed by atoms with E-state index in [2.05, 4.69) is 57.2 Å². The van der Waals surface area contributed by atoms with E-state index in [4.69, 9.17) is 14.2 Å². The molecule has 0 aromatic rings. The number of esters is 3. The summed E-state index contributed by atoms with van der Waals surface area (Å²) in [6.45, 7) is 6.44. The molecule has 284 valence electrons. The summed E-state index contributed by atoms with van der Waals surface area (Å²) in [5.41, 5.74) is 0. The van der Waals surface area contributed by atoms with Gasteiger partial charge in [-0.25, -0.2) is 0 Å². The van der Waals surface area contributed by atoms with Gasteiger partial charge in [0.25, 0.3) is 0 Å².